The summed E-state index contributed by atoms with van der Waals surface area (Å²) in [6.07, 6.45) is 1.17. The molecule has 1 fully saturated rings. The van der Waals surface area contributed by atoms with E-state index in [0.29, 0.717) is 13.0 Å². The number of carbonyl (C=O) groups is 3. The molecule has 3 N–H and O–H groups in total. The third-order valence-corrected chi connectivity index (χ3v) is 3.07. The molecule has 17 heavy (non-hydrogen) atoms. The molecule has 0 spiro atoms. The van der Waals surface area contributed by atoms with E-state index in [0.717, 1.165) is 6.42 Å². The SMILES string of the molecule is CC(C)(CC(=O)N1CCCC1C(N)=O)C(=O)O. The fourth-order valence-electron chi connectivity index (χ4n) is 1.92. The first-order chi connectivity index (χ1) is 7.75. The molecule has 1 rings (SSSR count). The molecule has 0 saturated carbocycles. The second-order valence-electron chi connectivity index (χ2n) is 5.01. The molecule has 96 valence electrons. The second-order valence-corrected chi connectivity index (χ2v) is 5.01. The molecule has 1 saturated heterocycles. The minimum absolute atomic E-state index is 0.119. The van der Waals surface area contributed by atoms with Crippen LogP contribution >= 0.6 is 0 Å². The van der Waals surface area contributed by atoms with Crippen molar-refractivity contribution in [3.63, 3.8) is 0 Å². The van der Waals surface area contributed by atoms with Crippen molar-refractivity contribution in [1.29, 1.82) is 0 Å². The van der Waals surface area contributed by atoms with Gasteiger partial charge in [0.05, 0.1) is 5.41 Å². The van der Waals surface area contributed by atoms with Crippen LogP contribution in [0.15, 0.2) is 0 Å². The summed E-state index contributed by atoms with van der Waals surface area (Å²) in [6, 6.07) is -0.577. The van der Waals surface area contributed by atoms with Gasteiger partial charge in [0.1, 0.15) is 6.04 Å². The molecule has 6 heteroatoms. The minimum atomic E-state index is -1.12. The number of hydrogen-bond donors (Lipinski definition) is 2. The maximum absolute atomic E-state index is 11.9. The van der Waals surface area contributed by atoms with Crippen LogP contribution in [0, 0.1) is 5.41 Å². The van der Waals surface area contributed by atoms with E-state index in [-0.39, 0.29) is 12.3 Å². The van der Waals surface area contributed by atoms with Crippen molar-refractivity contribution in [1.82, 2.24) is 4.90 Å². The molecular formula is C11H18N2O4. The topological polar surface area (TPSA) is 101 Å². The Morgan fingerprint density at radius 1 is 1.41 bits per heavy atom. The normalized spacial score (nSPS) is 20.4. The average molecular weight is 242 g/mol. The number of nitrogens with zero attached hydrogens (tertiary/aromatic N) is 1. The fraction of sp³-hybridized carbons (Fsp3) is 0.727. The quantitative estimate of drug-likeness (QED) is 0.722. The highest BCUT2D eigenvalue weighted by Gasteiger charge is 2.37. The highest BCUT2D eigenvalue weighted by molar-refractivity contribution is 5.89. The van der Waals surface area contributed by atoms with Gasteiger partial charge < -0.3 is 15.7 Å². The third-order valence-electron chi connectivity index (χ3n) is 3.07. The van der Waals surface area contributed by atoms with Crippen LogP contribution in [0.3, 0.4) is 0 Å². The van der Waals surface area contributed by atoms with Crippen LogP contribution in [-0.4, -0.2) is 40.4 Å². The first kappa shape index (κ1) is 13.5. The zero-order chi connectivity index (χ0) is 13.2. The van der Waals surface area contributed by atoms with Gasteiger partial charge in [0.2, 0.25) is 11.8 Å². The molecule has 0 radical (unpaired) electrons. The lowest BCUT2D eigenvalue weighted by Gasteiger charge is -2.26. The number of rotatable bonds is 4. The molecular weight excluding hydrogens is 224 g/mol. The standard InChI is InChI=1S/C11H18N2O4/c1-11(2,10(16)17)6-8(14)13-5-3-4-7(13)9(12)15/h7H,3-6H2,1-2H3,(H2,12,15)(H,16,17). The van der Waals surface area contributed by atoms with E-state index in [1.807, 2.05) is 0 Å². The maximum Gasteiger partial charge on any atom is 0.309 e. The molecule has 0 bridgehead atoms. The van der Waals surface area contributed by atoms with E-state index in [4.69, 9.17) is 10.8 Å². The molecule has 0 aromatic carbocycles. The molecule has 2 amide bonds. The van der Waals surface area contributed by atoms with Crippen LogP contribution < -0.4 is 5.73 Å². The van der Waals surface area contributed by atoms with Crippen LogP contribution in [0.4, 0.5) is 0 Å². The van der Waals surface area contributed by atoms with Crippen molar-refractivity contribution in [3.8, 4) is 0 Å². The zero-order valence-electron chi connectivity index (χ0n) is 10.1. The highest BCUT2D eigenvalue weighted by atomic mass is 16.4. The van der Waals surface area contributed by atoms with E-state index < -0.39 is 23.3 Å². The van der Waals surface area contributed by atoms with Crippen LogP contribution in [0.25, 0.3) is 0 Å². The van der Waals surface area contributed by atoms with Gasteiger partial charge in [-0.1, -0.05) is 0 Å². The Labute approximate surface area is 99.8 Å². The fourth-order valence-corrected chi connectivity index (χ4v) is 1.92. The second kappa shape index (κ2) is 4.73. The Bertz CT molecular complexity index is 351. The number of amides is 2. The lowest BCUT2D eigenvalue weighted by Crippen LogP contribution is -2.45. The van der Waals surface area contributed by atoms with Crippen molar-refractivity contribution in [2.45, 2.75) is 39.2 Å². The lowest BCUT2D eigenvalue weighted by molar-refractivity contribution is -0.152. The van der Waals surface area contributed by atoms with Gasteiger partial charge >= 0.3 is 5.97 Å². The third kappa shape index (κ3) is 2.95. The number of primary amides is 1. The molecule has 0 aromatic rings. The zero-order valence-corrected chi connectivity index (χ0v) is 10.1. The van der Waals surface area contributed by atoms with Crippen molar-refractivity contribution in [3.05, 3.63) is 0 Å². The Balaban J connectivity index is 2.71. The summed E-state index contributed by atoms with van der Waals surface area (Å²) < 4.78 is 0. The summed E-state index contributed by atoms with van der Waals surface area (Å²) in [5, 5.41) is 8.95. The van der Waals surface area contributed by atoms with E-state index in [1.54, 1.807) is 0 Å². The molecule has 0 aromatic heterocycles. The summed E-state index contributed by atoms with van der Waals surface area (Å²) in [4.78, 5) is 35.4. The molecule has 1 atom stereocenters. The minimum Gasteiger partial charge on any atom is -0.481 e. The lowest BCUT2D eigenvalue weighted by atomic mass is 9.89. The summed E-state index contributed by atoms with van der Waals surface area (Å²) in [6.45, 7) is 3.45. The van der Waals surface area contributed by atoms with Gasteiger partial charge in [-0.3, -0.25) is 14.4 Å². The largest absolute Gasteiger partial charge is 0.481 e. The number of carboxylic acids is 1. The van der Waals surface area contributed by atoms with Crippen LogP contribution in [0.5, 0.6) is 0 Å². The number of nitrogens with two attached hydrogens (primary N) is 1. The summed E-state index contributed by atoms with van der Waals surface area (Å²) in [5.41, 5.74) is 4.08. The molecule has 1 heterocycles. The van der Waals surface area contributed by atoms with E-state index in [9.17, 15) is 14.4 Å². The summed E-state index contributed by atoms with van der Waals surface area (Å²) >= 11 is 0. The first-order valence-electron chi connectivity index (χ1n) is 5.58. The van der Waals surface area contributed by atoms with E-state index in [1.165, 1.54) is 18.7 Å². The Hall–Kier alpha value is -1.59. The van der Waals surface area contributed by atoms with E-state index >= 15 is 0 Å². The molecule has 1 aliphatic heterocycles. The monoisotopic (exact) mass is 242 g/mol. The van der Waals surface area contributed by atoms with Gasteiger partial charge in [-0.2, -0.15) is 0 Å². The molecule has 6 nitrogen and oxygen atoms in total. The first-order valence-corrected chi connectivity index (χ1v) is 5.58. The number of hydrogen-bond acceptors (Lipinski definition) is 3. The van der Waals surface area contributed by atoms with Crippen molar-refractivity contribution in [2.75, 3.05) is 6.54 Å². The van der Waals surface area contributed by atoms with Crippen LogP contribution in [0.2, 0.25) is 0 Å². The highest BCUT2D eigenvalue weighted by Crippen LogP contribution is 2.25. The Morgan fingerprint density at radius 2 is 2.00 bits per heavy atom. The average Bonchev–Trinajstić information content (AvgIpc) is 2.64. The van der Waals surface area contributed by atoms with Crippen LogP contribution in [0.1, 0.15) is 33.1 Å². The molecule has 1 unspecified atom stereocenters. The number of likely N-dealkylation sites (tertiary alicyclic amines) is 1. The predicted molar refractivity (Wildman–Crippen MR) is 60.0 cm³/mol. The van der Waals surface area contributed by atoms with Gasteiger partial charge in [-0.05, 0) is 26.7 Å². The van der Waals surface area contributed by atoms with Crippen LogP contribution in [-0.2, 0) is 14.4 Å². The summed E-state index contributed by atoms with van der Waals surface area (Å²) in [5.74, 6) is -1.87. The Kier molecular flexibility index (Phi) is 3.75. The van der Waals surface area contributed by atoms with Crippen molar-refractivity contribution >= 4 is 17.8 Å². The number of carbonyl (C=O) groups excluding carboxylic acids is 2. The van der Waals surface area contributed by atoms with Gasteiger partial charge in [0.25, 0.3) is 0 Å². The predicted octanol–water partition coefficient (Wildman–Crippen LogP) is -0.0364. The van der Waals surface area contributed by atoms with E-state index in [2.05, 4.69) is 0 Å². The molecule has 0 aliphatic carbocycles. The smallest absolute Gasteiger partial charge is 0.309 e. The number of aliphatic carboxylic acids is 1. The van der Waals surface area contributed by atoms with Gasteiger partial charge in [-0.15, -0.1) is 0 Å². The maximum atomic E-state index is 11.9. The van der Waals surface area contributed by atoms with Gasteiger partial charge in [0, 0.05) is 13.0 Å². The van der Waals surface area contributed by atoms with Gasteiger partial charge in [-0.25, -0.2) is 0 Å². The van der Waals surface area contributed by atoms with Crippen molar-refractivity contribution < 1.29 is 19.5 Å². The van der Waals surface area contributed by atoms with Crippen molar-refractivity contribution in [2.24, 2.45) is 11.1 Å². The van der Waals surface area contributed by atoms with Gasteiger partial charge in [0.15, 0.2) is 0 Å². The number of carboxylic acid groups (broad SMARTS) is 1. The summed E-state index contributed by atoms with van der Waals surface area (Å²) in [7, 11) is 0. The Morgan fingerprint density at radius 3 is 2.47 bits per heavy atom. The molecule has 1 aliphatic rings.